The molecule has 5 heteroatoms. The predicted molar refractivity (Wildman–Crippen MR) is 93.7 cm³/mol. The number of amides is 1. The van der Waals surface area contributed by atoms with Crippen LogP contribution in [0.5, 0.6) is 0 Å². The van der Waals surface area contributed by atoms with Crippen LogP contribution >= 0.6 is 0 Å². The Bertz CT molecular complexity index is 729. The molecule has 5 nitrogen and oxygen atoms in total. The average Bonchev–Trinajstić information content (AvgIpc) is 2.60. The normalized spacial score (nSPS) is 13.0. The molecule has 24 heavy (non-hydrogen) atoms. The van der Waals surface area contributed by atoms with Crippen molar-refractivity contribution >= 4 is 17.6 Å². The minimum atomic E-state index is -0.398. The standard InChI is InChI=1S/C19H22N2O3/c1-12-11-15(9-10-16(12)19(23)24-3)21-18(22)13(2)17(20)14-7-5-4-6-8-14/h4-11,13,17H,20H2,1-3H3,(H,21,22). The van der Waals surface area contributed by atoms with Crippen molar-refractivity contribution in [2.24, 2.45) is 11.7 Å². The summed E-state index contributed by atoms with van der Waals surface area (Å²) in [4.78, 5) is 24.0. The maximum Gasteiger partial charge on any atom is 0.338 e. The minimum absolute atomic E-state index is 0.170. The summed E-state index contributed by atoms with van der Waals surface area (Å²) in [5.74, 6) is -0.964. The molecule has 0 spiro atoms. The highest BCUT2D eigenvalue weighted by Crippen LogP contribution is 2.22. The van der Waals surface area contributed by atoms with Gasteiger partial charge in [0.25, 0.3) is 0 Å². The second-order valence-corrected chi connectivity index (χ2v) is 5.74. The number of carbonyl (C=O) groups is 2. The quantitative estimate of drug-likeness (QED) is 0.827. The molecular weight excluding hydrogens is 304 g/mol. The van der Waals surface area contributed by atoms with E-state index in [4.69, 9.17) is 10.5 Å². The highest BCUT2D eigenvalue weighted by molar-refractivity contribution is 5.95. The van der Waals surface area contributed by atoms with Gasteiger partial charge in [-0.3, -0.25) is 4.79 Å². The van der Waals surface area contributed by atoms with Crippen molar-refractivity contribution in [2.75, 3.05) is 12.4 Å². The lowest BCUT2D eigenvalue weighted by Gasteiger charge is -2.20. The van der Waals surface area contributed by atoms with Gasteiger partial charge in [-0.25, -0.2) is 4.79 Å². The van der Waals surface area contributed by atoms with Crippen LogP contribution < -0.4 is 11.1 Å². The molecule has 2 rings (SSSR count). The third kappa shape index (κ3) is 4.00. The summed E-state index contributed by atoms with van der Waals surface area (Å²) in [6.07, 6.45) is 0. The maximum absolute atomic E-state index is 12.4. The van der Waals surface area contributed by atoms with Crippen molar-refractivity contribution in [3.8, 4) is 0 Å². The van der Waals surface area contributed by atoms with Crippen LogP contribution in [0.4, 0.5) is 5.69 Å². The first-order valence-electron chi connectivity index (χ1n) is 7.74. The number of nitrogens with one attached hydrogen (secondary N) is 1. The van der Waals surface area contributed by atoms with Crippen molar-refractivity contribution in [1.29, 1.82) is 0 Å². The monoisotopic (exact) mass is 326 g/mol. The van der Waals surface area contributed by atoms with Crippen molar-refractivity contribution in [2.45, 2.75) is 19.9 Å². The Morgan fingerprint density at radius 2 is 1.79 bits per heavy atom. The van der Waals surface area contributed by atoms with Crippen molar-refractivity contribution in [3.05, 3.63) is 65.2 Å². The van der Waals surface area contributed by atoms with E-state index < -0.39 is 11.9 Å². The Morgan fingerprint density at radius 1 is 1.12 bits per heavy atom. The van der Waals surface area contributed by atoms with Crippen LogP contribution in [0.2, 0.25) is 0 Å². The molecule has 126 valence electrons. The summed E-state index contributed by atoms with van der Waals surface area (Å²) < 4.78 is 4.71. The zero-order valence-corrected chi connectivity index (χ0v) is 14.1. The summed E-state index contributed by atoms with van der Waals surface area (Å²) in [6.45, 7) is 3.59. The van der Waals surface area contributed by atoms with Crippen molar-refractivity contribution in [1.82, 2.24) is 0 Å². The fraction of sp³-hybridized carbons (Fsp3) is 0.263. The topological polar surface area (TPSA) is 81.4 Å². The molecule has 0 aromatic heterocycles. The Hall–Kier alpha value is -2.66. The van der Waals surface area contributed by atoms with Gasteiger partial charge >= 0.3 is 5.97 Å². The molecule has 0 saturated heterocycles. The number of methoxy groups -OCH3 is 1. The minimum Gasteiger partial charge on any atom is -0.465 e. The van der Waals surface area contributed by atoms with Gasteiger partial charge in [-0.2, -0.15) is 0 Å². The predicted octanol–water partition coefficient (Wildman–Crippen LogP) is 3.06. The van der Waals surface area contributed by atoms with Crippen LogP contribution in [0.3, 0.4) is 0 Å². The first kappa shape index (κ1) is 17.7. The van der Waals surface area contributed by atoms with Gasteiger partial charge in [-0.15, -0.1) is 0 Å². The van der Waals surface area contributed by atoms with E-state index in [0.717, 1.165) is 11.1 Å². The molecule has 2 unspecified atom stereocenters. The Kier molecular flexibility index (Phi) is 5.71. The van der Waals surface area contributed by atoms with Gasteiger partial charge in [0, 0.05) is 11.7 Å². The van der Waals surface area contributed by atoms with Crippen LogP contribution in [-0.2, 0) is 9.53 Å². The number of ether oxygens (including phenoxy) is 1. The lowest BCUT2D eigenvalue weighted by molar-refractivity contribution is -0.120. The van der Waals surface area contributed by atoms with Gasteiger partial charge in [0.2, 0.25) is 5.91 Å². The fourth-order valence-electron chi connectivity index (χ4n) is 2.46. The molecular formula is C19H22N2O3. The lowest BCUT2D eigenvalue weighted by Crippen LogP contribution is -2.30. The highest BCUT2D eigenvalue weighted by Gasteiger charge is 2.22. The maximum atomic E-state index is 12.4. The number of carbonyl (C=O) groups excluding carboxylic acids is 2. The molecule has 2 atom stereocenters. The fourth-order valence-corrected chi connectivity index (χ4v) is 2.46. The molecule has 2 aromatic carbocycles. The van der Waals surface area contributed by atoms with Crippen LogP contribution in [0.1, 0.15) is 34.5 Å². The SMILES string of the molecule is COC(=O)c1ccc(NC(=O)C(C)C(N)c2ccccc2)cc1C. The first-order chi connectivity index (χ1) is 11.4. The zero-order chi connectivity index (χ0) is 17.7. The van der Waals surface area contributed by atoms with Crippen LogP contribution in [0.25, 0.3) is 0 Å². The first-order valence-corrected chi connectivity index (χ1v) is 7.74. The van der Waals surface area contributed by atoms with Crippen LogP contribution in [-0.4, -0.2) is 19.0 Å². The largest absolute Gasteiger partial charge is 0.465 e. The van der Waals surface area contributed by atoms with E-state index in [1.807, 2.05) is 30.3 Å². The van der Waals surface area contributed by atoms with Crippen LogP contribution in [0.15, 0.2) is 48.5 Å². The van der Waals surface area contributed by atoms with E-state index in [-0.39, 0.29) is 11.9 Å². The molecule has 0 aliphatic rings. The zero-order valence-electron chi connectivity index (χ0n) is 14.1. The van der Waals surface area contributed by atoms with Crippen molar-refractivity contribution in [3.63, 3.8) is 0 Å². The van der Waals surface area contributed by atoms with Crippen LogP contribution in [0, 0.1) is 12.8 Å². The Balaban J connectivity index is 2.09. The van der Waals surface area contributed by atoms with E-state index in [1.54, 1.807) is 32.0 Å². The molecule has 0 fully saturated rings. The van der Waals surface area contributed by atoms with E-state index in [0.29, 0.717) is 11.3 Å². The number of nitrogens with two attached hydrogens (primary N) is 1. The summed E-state index contributed by atoms with van der Waals surface area (Å²) >= 11 is 0. The number of esters is 1. The molecule has 0 aliphatic heterocycles. The average molecular weight is 326 g/mol. The lowest BCUT2D eigenvalue weighted by atomic mass is 9.94. The molecule has 0 bridgehead atoms. The number of benzene rings is 2. The van der Waals surface area contributed by atoms with Gasteiger partial charge in [-0.1, -0.05) is 37.3 Å². The molecule has 0 heterocycles. The smallest absolute Gasteiger partial charge is 0.338 e. The van der Waals surface area contributed by atoms with Gasteiger partial charge in [0.15, 0.2) is 0 Å². The van der Waals surface area contributed by atoms with E-state index in [1.165, 1.54) is 7.11 Å². The Morgan fingerprint density at radius 3 is 2.38 bits per heavy atom. The van der Waals surface area contributed by atoms with E-state index >= 15 is 0 Å². The van der Waals surface area contributed by atoms with E-state index in [9.17, 15) is 9.59 Å². The van der Waals surface area contributed by atoms with Gasteiger partial charge in [0.1, 0.15) is 0 Å². The third-order valence-corrected chi connectivity index (χ3v) is 4.04. The number of hydrogen-bond donors (Lipinski definition) is 2. The molecule has 1 amide bonds. The second-order valence-electron chi connectivity index (χ2n) is 5.74. The number of rotatable bonds is 5. The molecule has 2 aromatic rings. The van der Waals surface area contributed by atoms with E-state index in [2.05, 4.69) is 5.32 Å². The summed E-state index contributed by atoms with van der Waals surface area (Å²) in [5.41, 5.74) is 8.93. The highest BCUT2D eigenvalue weighted by atomic mass is 16.5. The van der Waals surface area contributed by atoms with Crippen molar-refractivity contribution < 1.29 is 14.3 Å². The van der Waals surface area contributed by atoms with Gasteiger partial charge < -0.3 is 15.8 Å². The number of aryl methyl sites for hydroxylation is 1. The number of anilines is 1. The molecule has 3 N–H and O–H groups in total. The number of hydrogen-bond acceptors (Lipinski definition) is 4. The third-order valence-electron chi connectivity index (χ3n) is 4.04. The van der Waals surface area contributed by atoms with Gasteiger partial charge in [-0.05, 0) is 36.2 Å². The summed E-state index contributed by atoms with van der Waals surface area (Å²) in [7, 11) is 1.34. The Labute approximate surface area is 141 Å². The van der Waals surface area contributed by atoms with Gasteiger partial charge in [0.05, 0.1) is 18.6 Å². The molecule has 0 aliphatic carbocycles. The summed E-state index contributed by atoms with van der Waals surface area (Å²) in [5, 5.41) is 2.85. The molecule has 0 saturated carbocycles. The summed E-state index contributed by atoms with van der Waals surface area (Å²) in [6, 6.07) is 14.2. The second kappa shape index (κ2) is 7.75. The molecule has 0 radical (unpaired) electrons.